The maximum Gasteiger partial charge on any atom is 0.242 e. The summed E-state index contributed by atoms with van der Waals surface area (Å²) in [7, 11) is 0. The lowest BCUT2D eigenvalue weighted by atomic mass is 10.0. The maximum atomic E-state index is 12.8. The highest BCUT2D eigenvalue weighted by Crippen LogP contribution is 2.18. The third-order valence-corrected chi connectivity index (χ3v) is 6.20. The molecule has 2 aromatic rings. The van der Waals surface area contributed by atoms with Gasteiger partial charge in [0.15, 0.2) is 0 Å². The predicted octanol–water partition coefficient (Wildman–Crippen LogP) is 2.40. The summed E-state index contributed by atoms with van der Waals surface area (Å²) in [6.07, 6.45) is 3.76. The molecular weight excluding hydrogens is 408 g/mol. The number of hydrogen-bond acceptors (Lipinski definition) is 5. The Morgan fingerprint density at radius 1 is 1.00 bits per heavy atom. The Bertz CT molecular complexity index is 807. The van der Waals surface area contributed by atoms with Crippen molar-refractivity contribution in [1.29, 1.82) is 0 Å². The van der Waals surface area contributed by atoms with E-state index in [2.05, 4.69) is 22.8 Å². The SMILES string of the molecule is CC(C)C[C@@H](NC(=O)[C@H](N)Cc1ccccc1)C(=O)NCCc1ccc(CCCN)s1. The minimum Gasteiger partial charge on any atom is -0.354 e. The fourth-order valence-corrected chi connectivity index (χ4v) is 4.40. The number of benzene rings is 1. The molecule has 0 radical (unpaired) electrons. The Hall–Kier alpha value is -2.22. The summed E-state index contributed by atoms with van der Waals surface area (Å²) >= 11 is 1.77. The molecular formula is C24H36N4O2S. The van der Waals surface area contributed by atoms with Crippen molar-refractivity contribution in [2.24, 2.45) is 17.4 Å². The first-order valence-electron chi connectivity index (χ1n) is 11.0. The molecule has 31 heavy (non-hydrogen) atoms. The Balaban J connectivity index is 1.84. The predicted molar refractivity (Wildman–Crippen MR) is 128 cm³/mol. The molecule has 2 amide bonds. The third-order valence-electron chi connectivity index (χ3n) is 4.99. The van der Waals surface area contributed by atoms with Gasteiger partial charge in [-0.05, 0) is 62.3 Å². The number of carbonyl (C=O) groups is 2. The normalized spacial score (nSPS) is 13.1. The molecule has 1 heterocycles. The molecule has 0 spiro atoms. The summed E-state index contributed by atoms with van der Waals surface area (Å²) in [5.41, 5.74) is 12.7. The van der Waals surface area contributed by atoms with Gasteiger partial charge in [-0.2, -0.15) is 0 Å². The van der Waals surface area contributed by atoms with Crippen LogP contribution in [0.15, 0.2) is 42.5 Å². The molecule has 6 nitrogen and oxygen atoms in total. The van der Waals surface area contributed by atoms with Crippen LogP contribution in [0.3, 0.4) is 0 Å². The highest BCUT2D eigenvalue weighted by atomic mass is 32.1. The number of aryl methyl sites for hydroxylation is 1. The second-order valence-electron chi connectivity index (χ2n) is 8.29. The Morgan fingerprint density at radius 3 is 2.32 bits per heavy atom. The van der Waals surface area contributed by atoms with E-state index in [1.165, 1.54) is 9.75 Å². The minimum atomic E-state index is -0.692. The molecule has 0 aliphatic rings. The number of thiophene rings is 1. The van der Waals surface area contributed by atoms with Crippen LogP contribution in [0, 0.1) is 5.92 Å². The largest absolute Gasteiger partial charge is 0.354 e. The van der Waals surface area contributed by atoms with Crippen LogP contribution in [-0.4, -0.2) is 37.0 Å². The highest BCUT2D eigenvalue weighted by molar-refractivity contribution is 7.11. The summed E-state index contributed by atoms with van der Waals surface area (Å²) in [4.78, 5) is 27.9. The number of carbonyl (C=O) groups excluding carboxylic acids is 2. The Morgan fingerprint density at radius 2 is 1.68 bits per heavy atom. The molecule has 0 bridgehead atoms. The monoisotopic (exact) mass is 444 g/mol. The zero-order chi connectivity index (χ0) is 22.6. The molecule has 0 fully saturated rings. The van der Waals surface area contributed by atoms with Crippen LogP contribution in [0.5, 0.6) is 0 Å². The molecule has 0 unspecified atom stereocenters. The topological polar surface area (TPSA) is 110 Å². The molecule has 0 aliphatic carbocycles. The van der Waals surface area contributed by atoms with Gasteiger partial charge < -0.3 is 22.1 Å². The van der Waals surface area contributed by atoms with Crippen LogP contribution in [0.4, 0.5) is 0 Å². The van der Waals surface area contributed by atoms with Gasteiger partial charge in [-0.25, -0.2) is 0 Å². The van der Waals surface area contributed by atoms with Crippen molar-refractivity contribution in [1.82, 2.24) is 10.6 Å². The van der Waals surface area contributed by atoms with E-state index in [0.29, 0.717) is 25.9 Å². The van der Waals surface area contributed by atoms with E-state index < -0.39 is 12.1 Å². The maximum absolute atomic E-state index is 12.8. The van der Waals surface area contributed by atoms with Gasteiger partial charge in [0, 0.05) is 16.3 Å². The van der Waals surface area contributed by atoms with E-state index >= 15 is 0 Å². The van der Waals surface area contributed by atoms with Gasteiger partial charge in [-0.1, -0.05) is 44.2 Å². The van der Waals surface area contributed by atoms with Crippen LogP contribution >= 0.6 is 11.3 Å². The quantitative estimate of drug-likeness (QED) is 0.380. The van der Waals surface area contributed by atoms with Crippen molar-refractivity contribution in [3.05, 3.63) is 57.8 Å². The molecule has 0 saturated heterocycles. The fourth-order valence-electron chi connectivity index (χ4n) is 3.34. The van der Waals surface area contributed by atoms with E-state index in [-0.39, 0.29) is 17.7 Å². The number of nitrogens with two attached hydrogens (primary N) is 2. The number of rotatable bonds is 13. The lowest BCUT2D eigenvalue weighted by molar-refractivity contribution is -0.130. The summed E-state index contributed by atoms with van der Waals surface area (Å²) in [5, 5.41) is 5.83. The van der Waals surface area contributed by atoms with E-state index in [0.717, 1.165) is 24.8 Å². The average Bonchev–Trinajstić information content (AvgIpc) is 3.19. The molecule has 2 rings (SSSR count). The van der Waals surface area contributed by atoms with Gasteiger partial charge in [0.2, 0.25) is 11.8 Å². The highest BCUT2D eigenvalue weighted by Gasteiger charge is 2.24. The van der Waals surface area contributed by atoms with Gasteiger partial charge in [0.25, 0.3) is 0 Å². The molecule has 6 N–H and O–H groups in total. The van der Waals surface area contributed by atoms with Crippen molar-refractivity contribution in [2.45, 2.75) is 58.0 Å². The lowest BCUT2D eigenvalue weighted by Gasteiger charge is -2.22. The zero-order valence-corrected chi connectivity index (χ0v) is 19.4. The molecule has 2 atom stereocenters. The van der Waals surface area contributed by atoms with Gasteiger partial charge >= 0.3 is 0 Å². The van der Waals surface area contributed by atoms with Crippen LogP contribution in [0.1, 0.15) is 42.0 Å². The van der Waals surface area contributed by atoms with Crippen LogP contribution in [-0.2, 0) is 28.9 Å². The van der Waals surface area contributed by atoms with Gasteiger partial charge in [-0.15, -0.1) is 11.3 Å². The summed E-state index contributed by atoms with van der Waals surface area (Å²) < 4.78 is 0. The van der Waals surface area contributed by atoms with E-state index in [1.54, 1.807) is 11.3 Å². The standard InChI is InChI=1S/C24H36N4O2S/c1-17(2)15-22(28-23(29)21(26)16-18-7-4-3-5-8-18)24(30)27-14-12-20-11-10-19(31-20)9-6-13-25/h3-5,7-8,10-11,17,21-22H,6,9,12-16,25-26H2,1-2H3,(H,27,30)(H,28,29)/t21-,22-/m1/s1. The second kappa shape index (κ2) is 13.2. The van der Waals surface area contributed by atoms with Crippen molar-refractivity contribution in [3.63, 3.8) is 0 Å². The summed E-state index contributed by atoms with van der Waals surface area (Å²) in [5.74, 6) is -0.190. The second-order valence-corrected chi connectivity index (χ2v) is 9.54. The molecule has 7 heteroatoms. The Kier molecular flexibility index (Phi) is 10.7. The molecule has 0 saturated carbocycles. The Labute approximate surface area is 189 Å². The van der Waals surface area contributed by atoms with E-state index in [9.17, 15) is 9.59 Å². The lowest BCUT2D eigenvalue weighted by Crippen LogP contribution is -2.52. The minimum absolute atomic E-state index is 0.158. The van der Waals surface area contributed by atoms with Crippen LogP contribution in [0.2, 0.25) is 0 Å². The molecule has 0 aliphatic heterocycles. The zero-order valence-electron chi connectivity index (χ0n) is 18.6. The van der Waals surface area contributed by atoms with Crippen molar-refractivity contribution in [2.75, 3.05) is 13.1 Å². The van der Waals surface area contributed by atoms with Gasteiger partial charge in [0.05, 0.1) is 6.04 Å². The van der Waals surface area contributed by atoms with E-state index in [4.69, 9.17) is 11.5 Å². The van der Waals surface area contributed by atoms with Gasteiger partial charge in [-0.3, -0.25) is 9.59 Å². The number of hydrogen-bond donors (Lipinski definition) is 4. The first kappa shape index (κ1) is 25.0. The van der Waals surface area contributed by atoms with Crippen molar-refractivity contribution < 1.29 is 9.59 Å². The summed E-state index contributed by atoms with van der Waals surface area (Å²) in [6.45, 7) is 5.30. The van der Waals surface area contributed by atoms with Crippen LogP contribution < -0.4 is 22.1 Å². The number of nitrogens with one attached hydrogen (secondary N) is 2. The number of amides is 2. The van der Waals surface area contributed by atoms with Crippen LogP contribution in [0.25, 0.3) is 0 Å². The van der Waals surface area contributed by atoms with Gasteiger partial charge in [0.1, 0.15) is 6.04 Å². The van der Waals surface area contributed by atoms with Crippen molar-refractivity contribution >= 4 is 23.2 Å². The molecule has 1 aromatic carbocycles. The van der Waals surface area contributed by atoms with Crippen molar-refractivity contribution in [3.8, 4) is 0 Å². The smallest absolute Gasteiger partial charge is 0.242 e. The first-order valence-corrected chi connectivity index (χ1v) is 11.9. The summed E-state index contributed by atoms with van der Waals surface area (Å²) in [6, 6.07) is 12.6. The first-order chi connectivity index (χ1) is 14.9. The van der Waals surface area contributed by atoms with E-state index in [1.807, 2.05) is 44.2 Å². The third kappa shape index (κ3) is 9.21. The average molecular weight is 445 g/mol. The molecule has 1 aromatic heterocycles. The fraction of sp³-hybridized carbons (Fsp3) is 0.500. The molecule has 170 valence electrons.